The van der Waals surface area contributed by atoms with Crippen molar-refractivity contribution < 1.29 is 0 Å². The molecule has 5 heteroatoms. The molecule has 5 nitrogen and oxygen atoms in total. The molecule has 0 saturated heterocycles. The highest BCUT2D eigenvalue weighted by atomic mass is 16.1. The lowest BCUT2D eigenvalue weighted by Crippen LogP contribution is -2.23. The summed E-state index contributed by atoms with van der Waals surface area (Å²) < 4.78 is 1.47. The first-order valence-corrected chi connectivity index (χ1v) is 5.88. The van der Waals surface area contributed by atoms with Crippen LogP contribution in [0, 0.1) is 6.92 Å². The van der Waals surface area contributed by atoms with Gasteiger partial charge in [-0.25, -0.2) is 14.5 Å². The fourth-order valence-corrected chi connectivity index (χ4v) is 2.08. The van der Waals surface area contributed by atoms with Crippen molar-refractivity contribution in [2.75, 3.05) is 5.73 Å². The number of para-hydroxylation sites is 1. The van der Waals surface area contributed by atoms with E-state index in [2.05, 4.69) is 9.97 Å². The summed E-state index contributed by atoms with van der Waals surface area (Å²) in [5, 5.41) is 0.567. The van der Waals surface area contributed by atoms with E-state index in [0.29, 0.717) is 28.4 Å². The number of nitrogens with zero attached hydrogens (tertiary/aromatic N) is 3. The molecule has 0 saturated carbocycles. The molecule has 0 aliphatic heterocycles. The molecule has 2 aromatic heterocycles. The van der Waals surface area contributed by atoms with Gasteiger partial charge in [0, 0.05) is 0 Å². The van der Waals surface area contributed by atoms with Gasteiger partial charge in [0.05, 0.1) is 10.9 Å². The van der Waals surface area contributed by atoms with Crippen LogP contribution in [0.4, 0.5) is 5.82 Å². The lowest BCUT2D eigenvalue weighted by molar-refractivity contribution is 0.866. The Morgan fingerprint density at radius 1 is 1.05 bits per heavy atom. The van der Waals surface area contributed by atoms with Crippen LogP contribution >= 0.6 is 0 Å². The fourth-order valence-electron chi connectivity index (χ4n) is 2.08. The first kappa shape index (κ1) is 11.4. The Kier molecular flexibility index (Phi) is 2.52. The third kappa shape index (κ3) is 1.85. The zero-order chi connectivity index (χ0) is 13.4. The highest BCUT2D eigenvalue weighted by Crippen LogP contribution is 2.11. The van der Waals surface area contributed by atoms with Crippen molar-refractivity contribution in [3.05, 3.63) is 58.6 Å². The predicted molar refractivity (Wildman–Crippen MR) is 74.3 cm³/mol. The molecule has 2 N–H and O–H groups in total. The minimum atomic E-state index is -0.138. The van der Waals surface area contributed by atoms with E-state index in [0.717, 1.165) is 0 Å². The summed E-state index contributed by atoms with van der Waals surface area (Å²) in [5.74, 6) is 1.44. The normalized spacial score (nSPS) is 10.8. The van der Waals surface area contributed by atoms with Crippen molar-refractivity contribution in [2.24, 2.45) is 0 Å². The maximum absolute atomic E-state index is 12.5. The van der Waals surface area contributed by atoms with E-state index >= 15 is 0 Å². The van der Waals surface area contributed by atoms with Gasteiger partial charge in [-0.05, 0) is 31.2 Å². The monoisotopic (exact) mass is 252 g/mol. The molecule has 0 unspecified atom stereocenters. The molecule has 0 atom stereocenters. The third-order valence-electron chi connectivity index (χ3n) is 2.93. The summed E-state index contributed by atoms with van der Waals surface area (Å²) >= 11 is 0. The SMILES string of the molecule is Cc1nc2ccccc2c(=O)n1-c1cccc(N)n1. The van der Waals surface area contributed by atoms with Crippen LogP contribution in [0.15, 0.2) is 47.3 Å². The quantitative estimate of drug-likeness (QED) is 0.715. The number of aromatic nitrogens is 3. The number of benzene rings is 1. The van der Waals surface area contributed by atoms with E-state index in [1.54, 1.807) is 31.2 Å². The molecule has 0 amide bonds. The molecule has 0 spiro atoms. The first-order valence-electron chi connectivity index (χ1n) is 5.88. The molecule has 19 heavy (non-hydrogen) atoms. The summed E-state index contributed by atoms with van der Waals surface area (Å²) in [6.45, 7) is 1.78. The van der Waals surface area contributed by atoms with Crippen LogP contribution in [-0.4, -0.2) is 14.5 Å². The molecule has 3 aromatic rings. The Morgan fingerprint density at radius 2 is 1.84 bits per heavy atom. The number of pyridine rings is 1. The van der Waals surface area contributed by atoms with Gasteiger partial charge in [-0.1, -0.05) is 18.2 Å². The van der Waals surface area contributed by atoms with E-state index in [1.165, 1.54) is 4.57 Å². The molecule has 94 valence electrons. The number of anilines is 1. The van der Waals surface area contributed by atoms with E-state index in [4.69, 9.17) is 5.73 Å². The van der Waals surface area contributed by atoms with Crippen molar-refractivity contribution in [3.63, 3.8) is 0 Å². The van der Waals surface area contributed by atoms with Gasteiger partial charge in [0.2, 0.25) is 0 Å². The second-order valence-corrected chi connectivity index (χ2v) is 4.24. The van der Waals surface area contributed by atoms with Gasteiger partial charge in [-0.15, -0.1) is 0 Å². The van der Waals surface area contributed by atoms with E-state index in [1.807, 2.05) is 18.2 Å². The molecule has 0 aliphatic rings. The van der Waals surface area contributed by atoms with Gasteiger partial charge >= 0.3 is 0 Å². The number of nitrogen functional groups attached to an aromatic ring is 1. The van der Waals surface area contributed by atoms with Crippen molar-refractivity contribution in [1.82, 2.24) is 14.5 Å². The maximum Gasteiger partial charge on any atom is 0.267 e. The van der Waals surface area contributed by atoms with Gasteiger partial charge in [0.1, 0.15) is 17.5 Å². The zero-order valence-electron chi connectivity index (χ0n) is 10.4. The van der Waals surface area contributed by atoms with Crippen LogP contribution in [0.3, 0.4) is 0 Å². The van der Waals surface area contributed by atoms with Gasteiger partial charge < -0.3 is 5.73 Å². The highest BCUT2D eigenvalue weighted by Gasteiger charge is 2.10. The topological polar surface area (TPSA) is 73.8 Å². The number of nitrogens with two attached hydrogens (primary N) is 1. The van der Waals surface area contributed by atoms with Crippen LogP contribution in [-0.2, 0) is 0 Å². The first-order chi connectivity index (χ1) is 9.16. The Bertz CT molecular complexity index is 823. The summed E-state index contributed by atoms with van der Waals surface area (Å²) in [6.07, 6.45) is 0. The van der Waals surface area contributed by atoms with E-state index < -0.39 is 0 Å². The van der Waals surface area contributed by atoms with Crippen molar-refractivity contribution in [1.29, 1.82) is 0 Å². The second kappa shape index (κ2) is 4.20. The standard InChI is InChI=1S/C14H12N4O/c1-9-16-11-6-3-2-5-10(11)14(19)18(9)13-8-4-7-12(15)17-13/h2-8H,1H3,(H2,15,17). The number of aryl methyl sites for hydroxylation is 1. The van der Waals surface area contributed by atoms with Crippen LogP contribution in [0.25, 0.3) is 16.7 Å². The summed E-state index contributed by atoms with van der Waals surface area (Å²) in [6, 6.07) is 12.4. The Labute approximate surface area is 109 Å². The Hall–Kier alpha value is -2.69. The molecule has 3 rings (SSSR count). The van der Waals surface area contributed by atoms with Crippen LogP contribution in [0.2, 0.25) is 0 Å². The van der Waals surface area contributed by atoms with Gasteiger partial charge in [-0.3, -0.25) is 4.79 Å². The average Bonchev–Trinajstić information content (AvgIpc) is 2.39. The minimum absolute atomic E-state index is 0.138. The van der Waals surface area contributed by atoms with E-state index in [-0.39, 0.29) is 5.56 Å². The Morgan fingerprint density at radius 3 is 2.63 bits per heavy atom. The van der Waals surface area contributed by atoms with Crippen molar-refractivity contribution >= 4 is 16.7 Å². The summed E-state index contributed by atoms with van der Waals surface area (Å²) in [7, 11) is 0. The van der Waals surface area contributed by atoms with Crippen LogP contribution < -0.4 is 11.3 Å². The van der Waals surface area contributed by atoms with Crippen molar-refractivity contribution in [2.45, 2.75) is 6.92 Å². The number of hydrogen-bond acceptors (Lipinski definition) is 4. The minimum Gasteiger partial charge on any atom is -0.384 e. The molecule has 0 aliphatic carbocycles. The molecule has 0 bridgehead atoms. The molecule has 0 fully saturated rings. The molecular formula is C14H12N4O. The maximum atomic E-state index is 12.5. The Balaban J connectivity index is 2.39. The molecule has 0 radical (unpaired) electrons. The average molecular weight is 252 g/mol. The summed E-state index contributed by atoms with van der Waals surface area (Å²) in [4.78, 5) is 21.1. The molecular weight excluding hydrogens is 240 g/mol. The van der Waals surface area contributed by atoms with E-state index in [9.17, 15) is 4.79 Å². The largest absolute Gasteiger partial charge is 0.384 e. The number of rotatable bonds is 1. The van der Waals surface area contributed by atoms with Gasteiger partial charge in [-0.2, -0.15) is 0 Å². The third-order valence-corrected chi connectivity index (χ3v) is 2.93. The molecule has 2 heterocycles. The van der Waals surface area contributed by atoms with Gasteiger partial charge in [0.15, 0.2) is 0 Å². The predicted octanol–water partition coefficient (Wildman–Crippen LogP) is 1.67. The zero-order valence-corrected chi connectivity index (χ0v) is 10.4. The van der Waals surface area contributed by atoms with Crippen LogP contribution in [0.1, 0.15) is 5.82 Å². The molecule has 1 aromatic carbocycles. The van der Waals surface area contributed by atoms with Crippen LogP contribution in [0.5, 0.6) is 0 Å². The van der Waals surface area contributed by atoms with Crippen molar-refractivity contribution in [3.8, 4) is 5.82 Å². The smallest absolute Gasteiger partial charge is 0.267 e. The number of fused-ring (bicyclic) bond motifs is 1. The summed E-state index contributed by atoms with van der Waals surface area (Å²) in [5.41, 5.74) is 6.21. The number of hydrogen-bond donors (Lipinski definition) is 1. The second-order valence-electron chi connectivity index (χ2n) is 4.24. The fraction of sp³-hybridized carbons (Fsp3) is 0.0714. The lowest BCUT2D eigenvalue weighted by Gasteiger charge is -2.10. The van der Waals surface area contributed by atoms with Gasteiger partial charge in [0.25, 0.3) is 5.56 Å². The highest BCUT2D eigenvalue weighted by molar-refractivity contribution is 5.77. The lowest BCUT2D eigenvalue weighted by atomic mass is 10.2.